The van der Waals surface area contributed by atoms with Gasteiger partial charge in [0.05, 0.1) is 17.8 Å². The summed E-state index contributed by atoms with van der Waals surface area (Å²) in [6.07, 6.45) is 1.16. The molecule has 0 radical (unpaired) electrons. The second kappa shape index (κ2) is 19.2. The molecule has 42 heavy (non-hydrogen) atoms. The molecule has 0 saturated carbocycles. The molecule has 1 rings (SSSR count). The quantitative estimate of drug-likeness (QED) is 0.0636. The van der Waals surface area contributed by atoms with Gasteiger partial charge in [-0.1, -0.05) is 40.6 Å². The normalized spacial score (nSPS) is 11.8. The van der Waals surface area contributed by atoms with Gasteiger partial charge in [-0.25, -0.2) is 0 Å². The number of ketones is 4. The number of anilines is 1. The van der Waals surface area contributed by atoms with E-state index < -0.39 is 48.0 Å². The van der Waals surface area contributed by atoms with Crippen molar-refractivity contribution in [1.29, 1.82) is 0 Å². The molecule has 232 valence electrons. The van der Waals surface area contributed by atoms with Crippen molar-refractivity contribution < 1.29 is 38.3 Å². The standard InChI is InChI=1S/C28H40N4O8S2/c1-5-21(34)12-13-30-25(38)11-8-19-6-9-20(10-7-19)32-26(39)16-40-15-22(35)27(18(2)33)42-41-17-31-28(3,4)23(36)14-24(29)37/h6-7,9-10,27,31H,5,8,11-17H2,1-4H3,(H2,29,37)(H,30,38)(H,32,39). The second-order valence-corrected chi connectivity index (χ2v) is 12.4. The Bertz CT molecular complexity index is 1130. The lowest BCUT2D eigenvalue weighted by atomic mass is 9.97. The number of nitrogens with two attached hydrogens (primary N) is 1. The van der Waals surface area contributed by atoms with Gasteiger partial charge in [-0.05, 0) is 44.9 Å². The van der Waals surface area contributed by atoms with Crippen molar-refractivity contribution in [2.24, 2.45) is 5.73 Å². The highest BCUT2D eigenvalue weighted by molar-refractivity contribution is 8.77. The minimum Gasteiger partial charge on any atom is -0.369 e. The van der Waals surface area contributed by atoms with Crippen LogP contribution in [0, 0.1) is 0 Å². The number of benzene rings is 1. The Labute approximate surface area is 253 Å². The predicted molar refractivity (Wildman–Crippen MR) is 163 cm³/mol. The Morgan fingerprint density at radius 2 is 1.64 bits per heavy atom. The first-order valence-electron chi connectivity index (χ1n) is 13.4. The zero-order valence-corrected chi connectivity index (χ0v) is 26.0. The van der Waals surface area contributed by atoms with Crippen LogP contribution >= 0.6 is 21.6 Å². The number of ether oxygens (including phenoxy) is 1. The van der Waals surface area contributed by atoms with E-state index >= 15 is 0 Å². The first kappa shape index (κ1) is 37.0. The van der Waals surface area contributed by atoms with Gasteiger partial charge in [0, 0.05) is 31.5 Å². The number of Topliss-reactive ketones (excluding diaryl/α,β-unsaturated/α-hetero) is 4. The summed E-state index contributed by atoms with van der Waals surface area (Å²) in [6.45, 7) is 5.77. The SMILES string of the molecule is CCC(=O)CCNC(=O)CCc1ccc(NC(=O)COCC(=O)C(SSCNC(C)(C)C(=O)CC(N)=O)C(C)=O)cc1. The summed E-state index contributed by atoms with van der Waals surface area (Å²) in [5, 5.41) is 7.31. The van der Waals surface area contributed by atoms with Gasteiger partial charge in [-0.2, -0.15) is 0 Å². The zero-order chi connectivity index (χ0) is 31.7. The average molecular weight is 625 g/mol. The second-order valence-electron chi connectivity index (χ2n) is 9.91. The summed E-state index contributed by atoms with van der Waals surface area (Å²) >= 11 is 0. The third-order valence-corrected chi connectivity index (χ3v) is 8.43. The molecule has 1 aromatic rings. The van der Waals surface area contributed by atoms with Crippen LogP contribution in [0.5, 0.6) is 0 Å². The summed E-state index contributed by atoms with van der Waals surface area (Å²) in [7, 11) is 2.17. The molecule has 0 aliphatic rings. The molecule has 1 aromatic carbocycles. The Kier molecular flexibility index (Phi) is 16.9. The molecule has 3 amide bonds. The van der Waals surface area contributed by atoms with E-state index in [1.165, 1.54) is 6.92 Å². The molecule has 0 fully saturated rings. The van der Waals surface area contributed by atoms with E-state index in [0.29, 0.717) is 31.5 Å². The number of amides is 3. The molecule has 0 heterocycles. The molecule has 12 nitrogen and oxygen atoms in total. The summed E-state index contributed by atoms with van der Waals surface area (Å²) < 4.78 is 5.23. The number of hydrogen-bond donors (Lipinski definition) is 4. The summed E-state index contributed by atoms with van der Waals surface area (Å²) in [6, 6.07) is 6.94. The van der Waals surface area contributed by atoms with E-state index in [-0.39, 0.29) is 35.6 Å². The molecule has 1 atom stereocenters. The third kappa shape index (κ3) is 15.2. The van der Waals surface area contributed by atoms with Gasteiger partial charge in [-0.15, -0.1) is 0 Å². The minimum absolute atomic E-state index is 0.100. The Hall–Kier alpha value is -3.07. The molecule has 0 aromatic heterocycles. The van der Waals surface area contributed by atoms with E-state index in [4.69, 9.17) is 10.5 Å². The number of primary amides is 1. The van der Waals surface area contributed by atoms with Crippen molar-refractivity contribution >= 4 is 68.1 Å². The van der Waals surface area contributed by atoms with Crippen LogP contribution in [0.25, 0.3) is 0 Å². The average Bonchev–Trinajstić information content (AvgIpc) is 2.91. The first-order valence-corrected chi connectivity index (χ1v) is 15.8. The van der Waals surface area contributed by atoms with Crippen molar-refractivity contribution in [3.8, 4) is 0 Å². The van der Waals surface area contributed by atoms with Crippen LogP contribution in [-0.2, 0) is 44.7 Å². The maximum atomic E-state index is 12.5. The van der Waals surface area contributed by atoms with Gasteiger partial charge in [0.2, 0.25) is 17.7 Å². The topological polar surface area (TPSA) is 191 Å². The van der Waals surface area contributed by atoms with E-state index in [9.17, 15) is 33.6 Å². The Morgan fingerprint density at radius 1 is 0.976 bits per heavy atom. The van der Waals surface area contributed by atoms with Gasteiger partial charge in [0.15, 0.2) is 17.3 Å². The minimum atomic E-state index is -1.02. The molecule has 14 heteroatoms. The van der Waals surface area contributed by atoms with E-state index in [1.807, 2.05) is 0 Å². The lowest BCUT2D eigenvalue weighted by molar-refractivity contribution is -0.131. The largest absolute Gasteiger partial charge is 0.369 e. The molecule has 0 saturated heterocycles. The number of hydrogen-bond acceptors (Lipinski definition) is 11. The van der Waals surface area contributed by atoms with Crippen molar-refractivity contribution in [2.75, 3.05) is 31.0 Å². The highest BCUT2D eigenvalue weighted by atomic mass is 33.1. The highest BCUT2D eigenvalue weighted by Crippen LogP contribution is 2.28. The van der Waals surface area contributed by atoms with Gasteiger partial charge in [-0.3, -0.25) is 38.9 Å². The number of rotatable bonds is 22. The maximum Gasteiger partial charge on any atom is 0.250 e. The summed E-state index contributed by atoms with van der Waals surface area (Å²) in [5.41, 5.74) is 5.47. The fraction of sp³-hybridized carbons (Fsp3) is 0.536. The van der Waals surface area contributed by atoms with Crippen LogP contribution in [-0.4, -0.2) is 77.3 Å². The third-order valence-electron chi connectivity index (χ3n) is 5.91. The van der Waals surface area contributed by atoms with E-state index in [2.05, 4.69) is 16.0 Å². The summed E-state index contributed by atoms with van der Waals surface area (Å²) in [5.74, 6) is -2.27. The number of carbonyl (C=O) groups excluding carboxylic acids is 7. The molecule has 0 aliphatic carbocycles. The number of aryl methyl sites for hydroxylation is 1. The molecular formula is C28H40N4O8S2. The fourth-order valence-electron chi connectivity index (χ4n) is 3.27. The lowest BCUT2D eigenvalue weighted by Gasteiger charge is -2.24. The number of carbonyl (C=O) groups is 7. The van der Waals surface area contributed by atoms with Crippen molar-refractivity contribution in [3.05, 3.63) is 29.8 Å². The highest BCUT2D eigenvalue weighted by Gasteiger charge is 2.29. The smallest absolute Gasteiger partial charge is 0.250 e. The molecule has 0 spiro atoms. The monoisotopic (exact) mass is 624 g/mol. The Morgan fingerprint density at radius 3 is 2.24 bits per heavy atom. The number of nitrogens with one attached hydrogen (secondary N) is 3. The molecular weight excluding hydrogens is 584 g/mol. The van der Waals surface area contributed by atoms with Gasteiger partial charge in [0.1, 0.15) is 24.2 Å². The van der Waals surface area contributed by atoms with Crippen molar-refractivity contribution in [1.82, 2.24) is 10.6 Å². The molecule has 0 bridgehead atoms. The van der Waals surface area contributed by atoms with E-state index in [0.717, 1.165) is 27.2 Å². The van der Waals surface area contributed by atoms with Crippen LogP contribution in [0.4, 0.5) is 5.69 Å². The predicted octanol–water partition coefficient (Wildman–Crippen LogP) is 1.74. The van der Waals surface area contributed by atoms with Crippen LogP contribution in [0.3, 0.4) is 0 Å². The van der Waals surface area contributed by atoms with Crippen LogP contribution < -0.4 is 21.7 Å². The maximum absolute atomic E-state index is 12.5. The van der Waals surface area contributed by atoms with Crippen LogP contribution in [0.1, 0.15) is 58.9 Å². The molecule has 1 unspecified atom stereocenters. The van der Waals surface area contributed by atoms with Crippen molar-refractivity contribution in [3.63, 3.8) is 0 Å². The summed E-state index contributed by atoms with van der Waals surface area (Å²) in [4.78, 5) is 83.0. The first-order chi connectivity index (χ1) is 19.7. The molecule has 5 N–H and O–H groups in total. The van der Waals surface area contributed by atoms with Crippen LogP contribution in [0.2, 0.25) is 0 Å². The van der Waals surface area contributed by atoms with E-state index in [1.54, 1.807) is 45.0 Å². The molecule has 0 aliphatic heterocycles. The van der Waals surface area contributed by atoms with Crippen molar-refractivity contribution in [2.45, 2.75) is 70.6 Å². The fourth-order valence-corrected chi connectivity index (χ4v) is 5.73. The van der Waals surface area contributed by atoms with Gasteiger partial charge in [0.25, 0.3) is 0 Å². The Balaban J connectivity index is 2.38. The zero-order valence-electron chi connectivity index (χ0n) is 24.4. The lowest BCUT2D eigenvalue weighted by Crippen LogP contribution is -2.47. The van der Waals surface area contributed by atoms with Gasteiger partial charge >= 0.3 is 0 Å². The van der Waals surface area contributed by atoms with Crippen LogP contribution in [0.15, 0.2) is 24.3 Å². The van der Waals surface area contributed by atoms with Gasteiger partial charge < -0.3 is 21.1 Å².